The molecule has 2 aromatic rings. The minimum Gasteiger partial charge on any atom is -0.464 e. The topological polar surface area (TPSA) is 99.2 Å². The van der Waals surface area contributed by atoms with Gasteiger partial charge >= 0.3 is 11.9 Å². The first-order valence-electron chi connectivity index (χ1n) is 9.97. The van der Waals surface area contributed by atoms with Crippen LogP contribution in [0.25, 0.3) is 0 Å². The van der Waals surface area contributed by atoms with Crippen molar-refractivity contribution < 1.29 is 32.2 Å². The van der Waals surface area contributed by atoms with Gasteiger partial charge in [-0.25, -0.2) is 18.0 Å². The molecule has 1 fully saturated rings. The molecular formula is C22H24ClNO7S. The first-order valence-corrected chi connectivity index (χ1v) is 12.2. The third-order valence-electron chi connectivity index (χ3n) is 4.97. The van der Waals surface area contributed by atoms with Gasteiger partial charge in [0.05, 0.1) is 19.5 Å². The minimum absolute atomic E-state index is 0.0824. The van der Waals surface area contributed by atoms with Gasteiger partial charge in [0.1, 0.15) is 6.10 Å². The van der Waals surface area contributed by atoms with Crippen molar-refractivity contribution in [3.63, 3.8) is 0 Å². The van der Waals surface area contributed by atoms with E-state index in [4.69, 9.17) is 25.8 Å². The maximum atomic E-state index is 13.4. The first kappa shape index (κ1) is 24.2. The minimum atomic E-state index is -4.22. The number of hydrogen-bond donors (Lipinski definition) is 0. The van der Waals surface area contributed by atoms with Crippen LogP contribution in [0, 0.1) is 0 Å². The molecule has 10 heteroatoms. The number of nitrogens with zero attached hydrogens (tertiary/aromatic N) is 1. The molecule has 0 N–H and O–H groups in total. The van der Waals surface area contributed by atoms with Crippen molar-refractivity contribution in [1.29, 1.82) is 0 Å². The quantitative estimate of drug-likeness (QED) is 0.442. The Labute approximate surface area is 192 Å². The van der Waals surface area contributed by atoms with Crippen molar-refractivity contribution >= 4 is 33.6 Å². The second-order valence-corrected chi connectivity index (χ2v) is 9.40. The molecule has 2 aromatic carbocycles. The zero-order valence-electron chi connectivity index (χ0n) is 17.9. The van der Waals surface area contributed by atoms with Crippen LogP contribution in [0.1, 0.15) is 37.3 Å². The normalized spacial score (nSPS) is 20.6. The predicted molar refractivity (Wildman–Crippen MR) is 117 cm³/mol. The molecule has 1 saturated heterocycles. The molecule has 1 heterocycles. The summed E-state index contributed by atoms with van der Waals surface area (Å²) in [6, 6.07) is 14.8. The number of halogens is 1. The Bertz CT molecular complexity index is 1070. The van der Waals surface area contributed by atoms with Crippen LogP contribution in [0.5, 0.6) is 0 Å². The second kappa shape index (κ2) is 9.58. The van der Waals surface area contributed by atoms with E-state index in [9.17, 15) is 18.0 Å². The van der Waals surface area contributed by atoms with E-state index in [-0.39, 0.29) is 13.2 Å². The van der Waals surface area contributed by atoms with E-state index in [2.05, 4.69) is 0 Å². The molecule has 3 rings (SSSR count). The van der Waals surface area contributed by atoms with E-state index in [0.717, 1.165) is 10.6 Å². The van der Waals surface area contributed by atoms with E-state index >= 15 is 0 Å². The SMILES string of the molecule is CCOC(=O)C1(C(=O)OCC)[C@H](c2ccccc2)O[C@H](c2cccc(Cl)c2)N1S(C)(=O)=O. The van der Waals surface area contributed by atoms with E-state index in [1.165, 1.54) is 6.07 Å². The number of hydrogen-bond acceptors (Lipinski definition) is 7. The second-order valence-electron chi connectivity index (χ2n) is 7.10. The highest BCUT2D eigenvalue weighted by atomic mass is 35.5. The molecule has 8 nitrogen and oxygen atoms in total. The summed E-state index contributed by atoms with van der Waals surface area (Å²) < 4.78 is 43.6. The van der Waals surface area contributed by atoms with E-state index in [1.54, 1.807) is 62.4 Å². The molecule has 0 amide bonds. The van der Waals surface area contributed by atoms with Gasteiger partial charge in [0, 0.05) is 5.02 Å². The van der Waals surface area contributed by atoms with Crippen LogP contribution < -0.4 is 0 Å². The maximum absolute atomic E-state index is 13.4. The van der Waals surface area contributed by atoms with Crippen molar-refractivity contribution in [2.45, 2.75) is 31.7 Å². The number of carbonyl (C=O) groups is 2. The van der Waals surface area contributed by atoms with Gasteiger partial charge in [0.2, 0.25) is 10.0 Å². The van der Waals surface area contributed by atoms with Gasteiger partial charge in [-0.1, -0.05) is 54.1 Å². The molecule has 0 bridgehead atoms. The van der Waals surface area contributed by atoms with Gasteiger partial charge in [-0.3, -0.25) is 0 Å². The first-order chi connectivity index (χ1) is 15.2. The summed E-state index contributed by atoms with van der Waals surface area (Å²) in [6.45, 7) is 2.95. The number of sulfonamides is 1. The third kappa shape index (κ3) is 4.25. The van der Waals surface area contributed by atoms with Gasteiger partial charge < -0.3 is 14.2 Å². The summed E-state index contributed by atoms with van der Waals surface area (Å²) in [7, 11) is -4.22. The molecule has 172 valence electrons. The van der Waals surface area contributed by atoms with Gasteiger partial charge in [-0.15, -0.1) is 4.31 Å². The average Bonchev–Trinajstić information content (AvgIpc) is 3.13. The van der Waals surface area contributed by atoms with Gasteiger partial charge in [-0.2, -0.15) is 0 Å². The zero-order valence-corrected chi connectivity index (χ0v) is 19.4. The van der Waals surface area contributed by atoms with Crippen LogP contribution in [-0.2, 0) is 33.8 Å². The molecule has 0 radical (unpaired) electrons. The summed E-state index contributed by atoms with van der Waals surface area (Å²) in [4.78, 5) is 26.9. The number of rotatable bonds is 7. The van der Waals surface area contributed by atoms with Crippen molar-refractivity contribution in [2.24, 2.45) is 0 Å². The molecule has 1 aliphatic heterocycles. The van der Waals surface area contributed by atoms with Crippen LogP contribution in [-0.4, -0.2) is 49.7 Å². The number of carbonyl (C=O) groups excluding carboxylic acids is 2. The van der Waals surface area contributed by atoms with E-state index < -0.39 is 39.8 Å². The lowest BCUT2D eigenvalue weighted by molar-refractivity contribution is -0.172. The van der Waals surface area contributed by atoms with E-state index in [1.807, 2.05) is 0 Å². The fourth-order valence-electron chi connectivity index (χ4n) is 3.80. The Kier molecular flexibility index (Phi) is 7.24. The average molecular weight is 482 g/mol. The maximum Gasteiger partial charge on any atom is 0.342 e. The molecule has 0 saturated carbocycles. The third-order valence-corrected chi connectivity index (χ3v) is 6.40. The lowest BCUT2D eigenvalue weighted by Crippen LogP contribution is -2.62. The van der Waals surface area contributed by atoms with Crippen LogP contribution in [0.3, 0.4) is 0 Å². The van der Waals surface area contributed by atoms with Gasteiger partial charge in [-0.05, 0) is 37.1 Å². The number of esters is 2. The molecule has 0 aromatic heterocycles. The Morgan fingerprint density at radius 1 is 1.00 bits per heavy atom. The Morgan fingerprint density at radius 2 is 1.56 bits per heavy atom. The van der Waals surface area contributed by atoms with E-state index in [0.29, 0.717) is 16.1 Å². The molecule has 0 aliphatic carbocycles. The van der Waals surface area contributed by atoms with Crippen molar-refractivity contribution in [3.8, 4) is 0 Å². The van der Waals surface area contributed by atoms with Crippen molar-refractivity contribution in [1.82, 2.24) is 4.31 Å². The van der Waals surface area contributed by atoms with Crippen LogP contribution in [0.15, 0.2) is 54.6 Å². The van der Waals surface area contributed by atoms with Crippen LogP contribution >= 0.6 is 11.6 Å². The smallest absolute Gasteiger partial charge is 0.342 e. The monoisotopic (exact) mass is 481 g/mol. The fraction of sp³-hybridized carbons (Fsp3) is 0.364. The number of ether oxygens (including phenoxy) is 3. The molecular weight excluding hydrogens is 458 g/mol. The van der Waals surface area contributed by atoms with Crippen LogP contribution in [0.2, 0.25) is 5.02 Å². The van der Waals surface area contributed by atoms with Crippen LogP contribution in [0.4, 0.5) is 0 Å². The largest absolute Gasteiger partial charge is 0.464 e. The highest BCUT2D eigenvalue weighted by Crippen LogP contribution is 2.52. The molecule has 2 atom stereocenters. The number of benzene rings is 2. The van der Waals surface area contributed by atoms with Gasteiger partial charge in [0.25, 0.3) is 5.54 Å². The Morgan fingerprint density at radius 3 is 2.06 bits per heavy atom. The summed E-state index contributed by atoms with van der Waals surface area (Å²) in [5.74, 6) is -2.16. The predicted octanol–water partition coefficient (Wildman–Crippen LogP) is 3.24. The molecule has 0 spiro atoms. The summed E-state index contributed by atoms with van der Waals surface area (Å²) in [5, 5.41) is 0.334. The van der Waals surface area contributed by atoms with Crippen molar-refractivity contribution in [2.75, 3.05) is 19.5 Å². The summed E-state index contributed by atoms with van der Waals surface area (Å²) in [6.07, 6.45) is -1.77. The Balaban J connectivity index is 2.36. The molecule has 1 aliphatic rings. The van der Waals surface area contributed by atoms with Crippen molar-refractivity contribution in [3.05, 3.63) is 70.7 Å². The highest BCUT2D eigenvalue weighted by molar-refractivity contribution is 7.88. The standard InChI is InChI=1S/C22H24ClNO7S/c1-4-29-20(25)22(21(26)30-5-2)18(15-10-7-6-8-11-15)31-19(24(22)32(3,27)28)16-12-9-13-17(23)14-16/h6-14,18-19H,4-5H2,1-3H3/t18-,19+/m0/s1. The lowest BCUT2D eigenvalue weighted by atomic mass is 9.88. The summed E-state index contributed by atoms with van der Waals surface area (Å²) in [5.41, 5.74) is -1.68. The highest BCUT2D eigenvalue weighted by Gasteiger charge is 2.70. The molecule has 0 unspecified atom stereocenters. The lowest BCUT2D eigenvalue weighted by Gasteiger charge is -2.35. The molecule has 32 heavy (non-hydrogen) atoms. The summed E-state index contributed by atoms with van der Waals surface area (Å²) >= 11 is 6.13. The van der Waals surface area contributed by atoms with Gasteiger partial charge in [0.15, 0.2) is 6.23 Å². The zero-order chi connectivity index (χ0) is 23.5. The Hall–Kier alpha value is -2.46. The fourth-order valence-corrected chi connectivity index (χ4v) is 5.29.